The summed E-state index contributed by atoms with van der Waals surface area (Å²) in [6.45, 7) is 5.77. The maximum Gasteiger partial charge on any atom is 0.317 e. The minimum absolute atomic E-state index is 0.0205. The third kappa shape index (κ3) is 4.23. The summed E-state index contributed by atoms with van der Waals surface area (Å²) in [6.07, 6.45) is 0. The lowest BCUT2D eigenvalue weighted by atomic mass is 9.96. The van der Waals surface area contributed by atoms with Gasteiger partial charge >= 0.3 is 12.0 Å². The van der Waals surface area contributed by atoms with Crippen LogP contribution < -0.4 is 5.32 Å². The molecular formula is C14H22N2O3S. The van der Waals surface area contributed by atoms with Crippen LogP contribution in [-0.2, 0) is 4.79 Å². The highest BCUT2D eigenvalue weighted by Gasteiger charge is 2.24. The minimum Gasteiger partial charge on any atom is -0.481 e. The molecule has 0 aliphatic heterocycles. The number of carboxylic acids is 1. The molecule has 0 radical (unpaired) electrons. The molecule has 0 saturated carbocycles. The average Bonchev–Trinajstić information content (AvgIpc) is 2.89. The predicted octanol–water partition coefficient (Wildman–Crippen LogP) is 2.81. The zero-order chi connectivity index (χ0) is 15.3. The zero-order valence-electron chi connectivity index (χ0n) is 12.3. The molecule has 0 fully saturated rings. The lowest BCUT2D eigenvalue weighted by Crippen LogP contribution is -2.42. The molecule has 2 N–H and O–H groups in total. The number of amides is 2. The summed E-state index contributed by atoms with van der Waals surface area (Å²) < 4.78 is 0. The van der Waals surface area contributed by atoms with Crippen molar-refractivity contribution in [1.82, 2.24) is 10.2 Å². The second kappa shape index (κ2) is 7.28. The summed E-state index contributed by atoms with van der Waals surface area (Å²) in [5, 5.41) is 13.8. The largest absolute Gasteiger partial charge is 0.481 e. The van der Waals surface area contributed by atoms with Crippen LogP contribution in [0.25, 0.3) is 0 Å². The van der Waals surface area contributed by atoms with Crippen LogP contribution in [0.15, 0.2) is 17.5 Å². The Kier molecular flexibility index (Phi) is 6.01. The number of carbonyl (C=O) groups is 2. The van der Waals surface area contributed by atoms with E-state index in [1.54, 1.807) is 23.3 Å². The van der Waals surface area contributed by atoms with Crippen molar-refractivity contribution >= 4 is 23.3 Å². The second-order valence-corrected chi connectivity index (χ2v) is 6.16. The smallest absolute Gasteiger partial charge is 0.317 e. The standard InChI is InChI=1S/C14H22N2O3S/c1-9(2)11(13(17)18)8-15-14(19)16(4)10(3)12-6-5-7-20-12/h5-7,9-11H,8H2,1-4H3,(H,15,19)(H,17,18). The van der Waals surface area contributed by atoms with E-state index >= 15 is 0 Å². The molecule has 1 rings (SSSR count). The van der Waals surface area contributed by atoms with Crippen molar-refractivity contribution in [2.45, 2.75) is 26.8 Å². The Morgan fingerprint density at radius 2 is 2.05 bits per heavy atom. The van der Waals surface area contributed by atoms with E-state index in [1.165, 1.54) is 0 Å². The topological polar surface area (TPSA) is 69.6 Å². The van der Waals surface area contributed by atoms with E-state index in [9.17, 15) is 9.59 Å². The van der Waals surface area contributed by atoms with Crippen molar-refractivity contribution < 1.29 is 14.7 Å². The lowest BCUT2D eigenvalue weighted by Gasteiger charge is -2.25. The lowest BCUT2D eigenvalue weighted by molar-refractivity contribution is -0.142. The third-order valence-corrected chi connectivity index (χ3v) is 4.49. The molecule has 1 heterocycles. The molecule has 0 aliphatic rings. The number of nitrogens with zero attached hydrogens (tertiary/aromatic N) is 1. The molecule has 5 nitrogen and oxygen atoms in total. The van der Waals surface area contributed by atoms with Gasteiger partial charge in [0.25, 0.3) is 0 Å². The first-order chi connectivity index (χ1) is 9.34. The van der Waals surface area contributed by atoms with Crippen LogP contribution in [-0.4, -0.2) is 35.6 Å². The normalized spacial score (nSPS) is 13.8. The van der Waals surface area contributed by atoms with Crippen LogP contribution in [0.5, 0.6) is 0 Å². The maximum atomic E-state index is 12.1. The van der Waals surface area contributed by atoms with Gasteiger partial charge in [0.2, 0.25) is 0 Å². The number of hydrogen-bond acceptors (Lipinski definition) is 3. The quantitative estimate of drug-likeness (QED) is 0.848. The van der Waals surface area contributed by atoms with E-state index in [4.69, 9.17) is 5.11 Å². The molecule has 112 valence electrons. The van der Waals surface area contributed by atoms with Crippen molar-refractivity contribution in [3.05, 3.63) is 22.4 Å². The van der Waals surface area contributed by atoms with Crippen molar-refractivity contribution in [3.8, 4) is 0 Å². The highest BCUT2D eigenvalue weighted by Crippen LogP contribution is 2.23. The summed E-state index contributed by atoms with van der Waals surface area (Å²) in [7, 11) is 1.71. The van der Waals surface area contributed by atoms with Crippen LogP contribution in [0, 0.1) is 11.8 Å². The van der Waals surface area contributed by atoms with E-state index < -0.39 is 11.9 Å². The Labute approximate surface area is 123 Å². The second-order valence-electron chi connectivity index (χ2n) is 5.18. The summed E-state index contributed by atoms with van der Waals surface area (Å²) in [6, 6.07) is 3.64. The molecule has 0 saturated heterocycles. The Bertz CT molecular complexity index is 445. The van der Waals surface area contributed by atoms with Crippen LogP contribution in [0.4, 0.5) is 4.79 Å². The van der Waals surface area contributed by atoms with Crippen LogP contribution in [0.2, 0.25) is 0 Å². The first-order valence-electron chi connectivity index (χ1n) is 6.61. The molecule has 20 heavy (non-hydrogen) atoms. The third-order valence-electron chi connectivity index (χ3n) is 3.45. The Morgan fingerprint density at radius 3 is 2.50 bits per heavy atom. The van der Waals surface area contributed by atoms with E-state index in [1.807, 2.05) is 38.3 Å². The summed E-state index contributed by atoms with van der Waals surface area (Å²) in [5.41, 5.74) is 0. The molecule has 0 bridgehead atoms. The van der Waals surface area contributed by atoms with Gasteiger partial charge in [0.1, 0.15) is 0 Å². The van der Waals surface area contributed by atoms with Crippen LogP contribution in [0.3, 0.4) is 0 Å². The van der Waals surface area contributed by atoms with Crippen molar-refractivity contribution in [2.75, 3.05) is 13.6 Å². The number of hydrogen-bond donors (Lipinski definition) is 2. The van der Waals surface area contributed by atoms with Gasteiger partial charge in [-0.1, -0.05) is 19.9 Å². The SMILES string of the molecule is CC(C)C(CNC(=O)N(C)C(C)c1cccs1)C(=O)O. The van der Waals surface area contributed by atoms with E-state index in [0.717, 1.165) is 4.88 Å². The zero-order valence-corrected chi connectivity index (χ0v) is 13.1. The molecule has 0 spiro atoms. The van der Waals surface area contributed by atoms with Crippen LogP contribution >= 0.6 is 11.3 Å². The van der Waals surface area contributed by atoms with Gasteiger partial charge in [0.15, 0.2) is 0 Å². The number of urea groups is 1. The number of carboxylic acid groups (broad SMARTS) is 1. The fraction of sp³-hybridized carbons (Fsp3) is 0.571. The summed E-state index contributed by atoms with van der Waals surface area (Å²) >= 11 is 1.60. The van der Waals surface area contributed by atoms with E-state index in [2.05, 4.69) is 5.32 Å². The number of thiophene rings is 1. The van der Waals surface area contributed by atoms with Gasteiger partial charge in [-0.3, -0.25) is 4.79 Å². The first kappa shape index (κ1) is 16.5. The summed E-state index contributed by atoms with van der Waals surface area (Å²) in [4.78, 5) is 25.8. The molecule has 1 aromatic heterocycles. The van der Waals surface area contributed by atoms with Crippen molar-refractivity contribution in [1.29, 1.82) is 0 Å². The molecular weight excluding hydrogens is 276 g/mol. The fourth-order valence-corrected chi connectivity index (χ4v) is 2.65. The Balaban J connectivity index is 2.56. The van der Waals surface area contributed by atoms with Crippen molar-refractivity contribution in [3.63, 3.8) is 0 Å². The number of carbonyl (C=O) groups excluding carboxylic acids is 1. The monoisotopic (exact) mass is 298 g/mol. The van der Waals surface area contributed by atoms with Gasteiger partial charge < -0.3 is 15.3 Å². The van der Waals surface area contributed by atoms with Gasteiger partial charge in [0, 0.05) is 18.5 Å². The van der Waals surface area contributed by atoms with Gasteiger partial charge in [-0.15, -0.1) is 11.3 Å². The number of rotatable bonds is 6. The highest BCUT2D eigenvalue weighted by molar-refractivity contribution is 7.10. The first-order valence-corrected chi connectivity index (χ1v) is 7.49. The van der Waals surface area contributed by atoms with Gasteiger partial charge in [-0.2, -0.15) is 0 Å². The average molecular weight is 298 g/mol. The van der Waals surface area contributed by atoms with E-state index in [0.29, 0.717) is 0 Å². The van der Waals surface area contributed by atoms with E-state index in [-0.39, 0.29) is 24.5 Å². The number of aliphatic carboxylic acids is 1. The fourth-order valence-electron chi connectivity index (χ4n) is 1.83. The van der Waals surface area contributed by atoms with Crippen molar-refractivity contribution in [2.24, 2.45) is 11.8 Å². The number of nitrogens with one attached hydrogen (secondary N) is 1. The maximum absolute atomic E-state index is 12.1. The Hall–Kier alpha value is -1.56. The van der Waals surface area contributed by atoms with Crippen LogP contribution in [0.1, 0.15) is 31.7 Å². The van der Waals surface area contributed by atoms with Gasteiger partial charge in [0.05, 0.1) is 12.0 Å². The molecule has 2 amide bonds. The Morgan fingerprint density at radius 1 is 1.40 bits per heavy atom. The molecule has 2 unspecified atom stereocenters. The molecule has 6 heteroatoms. The molecule has 1 aromatic rings. The van der Waals surface area contributed by atoms with Gasteiger partial charge in [-0.05, 0) is 24.3 Å². The predicted molar refractivity (Wildman–Crippen MR) is 79.9 cm³/mol. The molecule has 0 aliphatic carbocycles. The minimum atomic E-state index is -0.880. The highest BCUT2D eigenvalue weighted by atomic mass is 32.1. The molecule has 2 atom stereocenters. The summed E-state index contributed by atoms with van der Waals surface area (Å²) in [5.74, 6) is -1.47. The molecule has 0 aromatic carbocycles. The van der Waals surface area contributed by atoms with Gasteiger partial charge in [-0.25, -0.2) is 4.79 Å².